The van der Waals surface area contributed by atoms with Crippen molar-refractivity contribution in [3.8, 4) is 0 Å². The molecular formula is C29H50O2. The molecule has 5 unspecified atom stereocenters. The van der Waals surface area contributed by atoms with Crippen LogP contribution < -0.4 is 0 Å². The second-order valence-corrected chi connectivity index (χ2v) is 13.5. The molecule has 4 saturated carbocycles. The molecule has 31 heavy (non-hydrogen) atoms. The molecule has 2 nitrogen and oxygen atoms in total. The molecule has 8 atom stereocenters. The molecule has 0 aromatic carbocycles. The molecule has 1 aliphatic heterocycles. The van der Waals surface area contributed by atoms with Crippen molar-refractivity contribution in [2.45, 2.75) is 117 Å². The van der Waals surface area contributed by atoms with Crippen LogP contribution >= 0.6 is 0 Å². The Morgan fingerprint density at radius 1 is 0.774 bits per heavy atom. The monoisotopic (exact) mass is 430 g/mol. The molecule has 2 heteroatoms. The number of hydrogen-bond acceptors (Lipinski definition) is 2. The molecule has 0 N–H and O–H groups in total. The van der Waals surface area contributed by atoms with Gasteiger partial charge >= 0.3 is 0 Å². The van der Waals surface area contributed by atoms with Crippen LogP contribution in [0.2, 0.25) is 0 Å². The molecule has 5 aliphatic rings. The lowest BCUT2D eigenvalue weighted by Crippen LogP contribution is -2.56. The van der Waals surface area contributed by atoms with Crippen molar-refractivity contribution in [3.05, 3.63) is 0 Å². The van der Waals surface area contributed by atoms with Crippen molar-refractivity contribution in [2.24, 2.45) is 52.3 Å². The standard InChI is InChI=1S/C29H50O2/c1-20(2)7-6-8-21(3)24-11-12-25-23-10-9-22-19-29(30-17-18-31-29)16-15-27(22,4)26(23)13-14-28(24,25)5/h20-26H,6-19H2,1-5H3/t21?,22-,23+,24?,25-,26?,27?,28?/m1/s1. The van der Waals surface area contributed by atoms with Gasteiger partial charge in [0.25, 0.3) is 0 Å². The van der Waals surface area contributed by atoms with Crippen LogP contribution in [0, 0.1) is 52.3 Å². The molecular weight excluding hydrogens is 380 g/mol. The average molecular weight is 431 g/mol. The molecule has 1 saturated heterocycles. The van der Waals surface area contributed by atoms with Crippen molar-refractivity contribution in [3.63, 3.8) is 0 Å². The highest BCUT2D eigenvalue weighted by molar-refractivity contribution is 5.10. The minimum absolute atomic E-state index is 0.204. The summed E-state index contributed by atoms with van der Waals surface area (Å²) in [4.78, 5) is 0. The molecule has 0 aromatic heterocycles. The third-order valence-corrected chi connectivity index (χ3v) is 11.7. The molecule has 1 spiro atoms. The van der Waals surface area contributed by atoms with Gasteiger partial charge in [-0.1, -0.05) is 53.9 Å². The Hall–Kier alpha value is -0.0800. The highest BCUT2D eigenvalue weighted by atomic mass is 16.7. The fourth-order valence-corrected chi connectivity index (χ4v) is 9.98. The highest BCUT2D eigenvalue weighted by Crippen LogP contribution is 2.69. The van der Waals surface area contributed by atoms with Crippen LogP contribution in [0.5, 0.6) is 0 Å². The second kappa shape index (κ2) is 8.30. The summed E-state index contributed by atoms with van der Waals surface area (Å²) < 4.78 is 12.3. The van der Waals surface area contributed by atoms with E-state index in [4.69, 9.17) is 9.47 Å². The zero-order chi connectivity index (χ0) is 21.9. The topological polar surface area (TPSA) is 18.5 Å². The van der Waals surface area contributed by atoms with Gasteiger partial charge in [0.1, 0.15) is 0 Å². The number of hydrogen-bond donors (Lipinski definition) is 0. The Labute approximate surface area is 192 Å². The summed E-state index contributed by atoms with van der Waals surface area (Å²) in [7, 11) is 0. The Kier molecular flexibility index (Phi) is 6.08. The van der Waals surface area contributed by atoms with Crippen LogP contribution in [0.25, 0.3) is 0 Å². The van der Waals surface area contributed by atoms with Gasteiger partial charge in [0, 0.05) is 12.8 Å². The Morgan fingerprint density at radius 3 is 2.26 bits per heavy atom. The van der Waals surface area contributed by atoms with Crippen LogP contribution in [0.15, 0.2) is 0 Å². The van der Waals surface area contributed by atoms with E-state index in [2.05, 4.69) is 34.6 Å². The second-order valence-electron chi connectivity index (χ2n) is 13.5. The van der Waals surface area contributed by atoms with Crippen LogP contribution in [0.4, 0.5) is 0 Å². The maximum Gasteiger partial charge on any atom is 0.168 e. The third kappa shape index (κ3) is 3.74. The van der Waals surface area contributed by atoms with Crippen LogP contribution in [-0.2, 0) is 9.47 Å². The summed E-state index contributed by atoms with van der Waals surface area (Å²) >= 11 is 0. The zero-order valence-corrected chi connectivity index (χ0v) is 21.3. The van der Waals surface area contributed by atoms with Gasteiger partial charge in [0.05, 0.1) is 13.2 Å². The lowest BCUT2D eigenvalue weighted by molar-refractivity contribution is -0.229. The van der Waals surface area contributed by atoms with Gasteiger partial charge < -0.3 is 9.47 Å². The summed E-state index contributed by atoms with van der Waals surface area (Å²) in [6.45, 7) is 14.4. The van der Waals surface area contributed by atoms with Crippen molar-refractivity contribution in [1.29, 1.82) is 0 Å². The highest BCUT2D eigenvalue weighted by Gasteiger charge is 2.62. The fourth-order valence-electron chi connectivity index (χ4n) is 9.98. The Balaban J connectivity index is 1.28. The number of fused-ring (bicyclic) bond motifs is 5. The molecule has 4 aliphatic carbocycles. The van der Waals surface area contributed by atoms with Gasteiger partial charge in [-0.15, -0.1) is 0 Å². The first kappa shape index (κ1) is 22.7. The van der Waals surface area contributed by atoms with E-state index in [0.29, 0.717) is 10.8 Å². The van der Waals surface area contributed by atoms with Crippen molar-refractivity contribution in [1.82, 2.24) is 0 Å². The van der Waals surface area contributed by atoms with Crippen molar-refractivity contribution < 1.29 is 9.47 Å². The number of ether oxygens (including phenoxy) is 2. The predicted octanol–water partition coefficient (Wildman–Crippen LogP) is 7.85. The molecule has 0 bridgehead atoms. The van der Waals surface area contributed by atoms with Gasteiger partial charge in [-0.05, 0) is 97.2 Å². The average Bonchev–Trinajstić information content (AvgIpc) is 3.32. The summed E-state index contributed by atoms with van der Waals surface area (Å²) in [5.74, 6) is 6.32. The lowest BCUT2D eigenvalue weighted by Gasteiger charge is -2.62. The lowest BCUT2D eigenvalue weighted by atomic mass is 9.44. The summed E-state index contributed by atoms with van der Waals surface area (Å²) in [5, 5.41) is 0. The first-order chi connectivity index (χ1) is 14.8. The fraction of sp³-hybridized carbons (Fsp3) is 1.00. The van der Waals surface area contributed by atoms with E-state index in [1.165, 1.54) is 70.6 Å². The maximum atomic E-state index is 6.16. The summed E-state index contributed by atoms with van der Waals surface area (Å²) in [6, 6.07) is 0. The van der Waals surface area contributed by atoms with E-state index >= 15 is 0 Å². The molecule has 1 heterocycles. The first-order valence-electron chi connectivity index (χ1n) is 14.1. The van der Waals surface area contributed by atoms with Crippen LogP contribution in [0.1, 0.15) is 112 Å². The van der Waals surface area contributed by atoms with Crippen LogP contribution in [-0.4, -0.2) is 19.0 Å². The largest absolute Gasteiger partial charge is 0.348 e. The first-order valence-corrected chi connectivity index (χ1v) is 14.1. The molecule has 0 aromatic rings. The molecule has 5 fully saturated rings. The van der Waals surface area contributed by atoms with E-state index in [9.17, 15) is 0 Å². The van der Waals surface area contributed by atoms with E-state index in [1.807, 2.05) is 0 Å². The van der Waals surface area contributed by atoms with E-state index in [-0.39, 0.29) is 5.79 Å². The number of rotatable bonds is 5. The Morgan fingerprint density at radius 2 is 1.52 bits per heavy atom. The Bertz CT molecular complexity index is 637. The minimum atomic E-state index is -0.204. The van der Waals surface area contributed by atoms with E-state index in [1.54, 1.807) is 0 Å². The minimum Gasteiger partial charge on any atom is -0.348 e. The summed E-state index contributed by atoms with van der Waals surface area (Å²) in [5.41, 5.74) is 1.15. The van der Waals surface area contributed by atoms with Gasteiger partial charge in [-0.2, -0.15) is 0 Å². The molecule has 178 valence electrons. The van der Waals surface area contributed by atoms with Crippen LogP contribution in [0.3, 0.4) is 0 Å². The van der Waals surface area contributed by atoms with Gasteiger partial charge in [-0.3, -0.25) is 0 Å². The maximum absolute atomic E-state index is 6.16. The quantitative estimate of drug-likeness (QED) is 0.442. The third-order valence-electron chi connectivity index (χ3n) is 11.7. The summed E-state index contributed by atoms with van der Waals surface area (Å²) in [6.07, 6.45) is 16.9. The van der Waals surface area contributed by atoms with Crippen molar-refractivity contribution in [2.75, 3.05) is 13.2 Å². The molecule has 5 rings (SSSR count). The normalized spacial score (nSPS) is 47.2. The van der Waals surface area contributed by atoms with Gasteiger partial charge in [0.2, 0.25) is 0 Å². The smallest absolute Gasteiger partial charge is 0.168 e. The van der Waals surface area contributed by atoms with Gasteiger partial charge in [0.15, 0.2) is 5.79 Å². The molecule has 0 radical (unpaired) electrons. The van der Waals surface area contributed by atoms with E-state index in [0.717, 1.165) is 61.1 Å². The SMILES string of the molecule is CC(C)CCCC(C)C1CC[C@@H]2[C@@H]3CC[C@@H]4CC5(CCC4(C)C3CCC12C)OCCO5. The molecule has 0 amide bonds. The predicted molar refractivity (Wildman–Crippen MR) is 128 cm³/mol. The van der Waals surface area contributed by atoms with Crippen molar-refractivity contribution >= 4 is 0 Å². The zero-order valence-electron chi connectivity index (χ0n) is 21.3. The van der Waals surface area contributed by atoms with E-state index < -0.39 is 0 Å². The van der Waals surface area contributed by atoms with Gasteiger partial charge in [-0.25, -0.2) is 0 Å².